The predicted molar refractivity (Wildman–Crippen MR) is 131 cm³/mol. The molecule has 4 rings (SSSR count). The van der Waals surface area contributed by atoms with E-state index in [2.05, 4.69) is 52.2 Å². The van der Waals surface area contributed by atoms with Crippen LogP contribution in [0.3, 0.4) is 0 Å². The smallest absolute Gasteiger partial charge is 0.292 e. The summed E-state index contributed by atoms with van der Waals surface area (Å²) in [5.41, 5.74) is 9.10. The summed E-state index contributed by atoms with van der Waals surface area (Å²) in [4.78, 5) is 25.4. The average Bonchev–Trinajstić information content (AvgIpc) is 3.09. The molecule has 2 heterocycles. The maximum atomic E-state index is 12.9. The summed E-state index contributed by atoms with van der Waals surface area (Å²) in [5, 5.41) is 9.39. The van der Waals surface area contributed by atoms with E-state index in [1.165, 1.54) is 15.8 Å². The molecule has 33 heavy (non-hydrogen) atoms. The fraction of sp³-hybridized carbons (Fsp3) is 0.231. The molecular weight excluding hydrogens is 414 g/mol. The van der Waals surface area contributed by atoms with E-state index >= 15 is 0 Å². The maximum absolute atomic E-state index is 12.9. The number of nitrogens with one attached hydrogen (secondary N) is 1. The third-order valence-corrected chi connectivity index (χ3v) is 5.97. The Morgan fingerprint density at radius 3 is 2.45 bits per heavy atom. The van der Waals surface area contributed by atoms with E-state index in [1.807, 2.05) is 26.8 Å². The number of nitrogens with zero attached hydrogens (tertiary/aromatic N) is 4. The molecule has 2 aromatic heterocycles. The first-order valence-corrected chi connectivity index (χ1v) is 10.9. The van der Waals surface area contributed by atoms with E-state index < -0.39 is 5.91 Å². The van der Waals surface area contributed by atoms with E-state index in [9.17, 15) is 9.59 Å². The lowest BCUT2D eigenvalue weighted by atomic mass is 10.1. The molecule has 0 saturated carbocycles. The summed E-state index contributed by atoms with van der Waals surface area (Å²) >= 11 is 0. The van der Waals surface area contributed by atoms with Crippen molar-refractivity contribution in [3.8, 4) is 5.69 Å². The third kappa shape index (κ3) is 4.09. The van der Waals surface area contributed by atoms with Crippen molar-refractivity contribution in [3.05, 3.63) is 92.7 Å². The Balaban J connectivity index is 1.62. The van der Waals surface area contributed by atoms with Gasteiger partial charge in [-0.1, -0.05) is 24.3 Å². The molecule has 1 amide bonds. The van der Waals surface area contributed by atoms with Crippen LogP contribution in [0.15, 0.2) is 58.4 Å². The highest BCUT2D eigenvalue weighted by atomic mass is 16.2. The van der Waals surface area contributed by atoms with Crippen LogP contribution in [-0.2, 0) is 6.54 Å². The van der Waals surface area contributed by atoms with Gasteiger partial charge in [0, 0.05) is 34.6 Å². The van der Waals surface area contributed by atoms with Gasteiger partial charge >= 0.3 is 0 Å². The van der Waals surface area contributed by atoms with Gasteiger partial charge < -0.3 is 4.57 Å². The molecular formula is C26H27N5O2. The normalized spacial score (nSPS) is 11.4. The van der Waals surface area contributed by atoms with E-state index in [1.54, 1.807) is 30.5 Å². The Morgan fingerprint density at radius 1 is 1.03 bits per heavy atom. The lowest BCUT2D eigenvalue weighted by molar-refractivity contribution is 0.0949. The van der Waals surface area contributed by atoms with Gasteiger partial charge in [-0.3, -0.25) is 9.59 Å². The second-order valence-corrected chi connectivity index (χ2v) is 8.14. The van der Waals surface area contributed by atoms with E-state index in [-0.39, 0.29) is 11.3 Å². The van der Waals surface area contributed by atoms with E-state index in [0.29, 0.717) is 17.3 Å². The number of hydrazone groups is 1. The highest BCUT2D eigenvalue weighted by Gasteiger charge is 2.16. The summed E-state index contributed by atoms with van der Waals surface area (Å²) in [6, 6.07) is 15.4. The SMILES string of the molecule is CCn1nc(C(=O)N/N=C/c2cc(C)n(-c3ccc(C)c(C)c3)c2C)c2ccccc2c1=O. The molecule has 7 nitrogen and oxygen atoms in total. The number of aryl methyl sites for hydroxylation is 4. The Bertz CT molecular complexity index is 1460. The van der Waals surface area contributed by atoms with Crippen molar-refractivity contribution in [2.75, 3.05) is 0 Å². The number of hydrogen-bond acceptors (Lipinski definition) is 4. The number of fused-ring (bicyclic) bond motifs is 1. The fourth-order valence-electron chi connectivity index (χ4n) is 4.01. The molecule has 0 fully saturated rings. The predicted octanol–water partition coefficient (Wildman–Crippen LogP) is 4.20. The van der Waals surface area contributed by atoms with Crippen LogP contribution in [0.4, 0.5) is 0 Å². The van der Waals surface area contributed by atoms with Gasteiger partial charge in [0.05, 0.1) is 11.6 Å². The molecule has 0 aliphatic rings. The van der Waals surface area contributed by atoms with Crippen LogP contribution in [-0.4, -0.2) is 26.5 Å². The van der Waals surface area contributed by atoms with Gasteiger partial charge in [0.15, 0.2) is 5.69 Å². The number of hydrogen-bond donors (Lipinski definition) is 1. The molecule has 1 N–H and O–H groups in total. The molecule has 168 valence electrons. The molecule has 2 aromatic carbocycles. The number of carbonyl (C=O) groups is 1. The molecule has 0 bridgehead atoms. The monoisotopic (exact) mass is 441 g/mol. The lowest BCUT2D eigenvalue weighted by Crippen LogP contribution is -2.28. The van der Waals surface area contributed by atoms with Gasteiger partial charge in [-0.05, 0) is 70.0 Å². The van der Waals surface area contributed by atoms with Crippen LogP contribution >= 0.6 is 0 Å². The average molecular weight is 442 g/mol. The Morgan fingerprint density at radius 2 is 1.76 bits per heavy atom. The second-order valence-electron chi connectivity index (χ2n) is 8.14. The highest BCUT2D eigenvalue weighted by molar-refractivity contribution is 6.05. The summed E-state index contributed by atoms with van der Waals surface area (Å²) in [6.45, 7) is 10.5. The van der Waals surface area contributed by atoms with Crippen molar-refractivity contribution < 1.29 is 4.79 Å². The van der Waals surface area contributed by atoms with Crippen molar-refractivity contribution in [3.63, 3.8) is 0 Å². The molecule has 0 radical (unpaired) electrons. The maximum Gasteiger partial charge on any atom is 0.292 e. The number of benzene rings is 2. The molecule has 0 spiro atoms. The van der Waals surface area contributed by atoms with Gasteiger partial charge in [0.2, 0.25) is 0 Å². The Hall–Kier alpha value is -4.00. The summed E-state index contributed by atoms with van der Waals surface area (Å²) in [7, 11) is 0. The minimum Gasteiger partial charge on any atom is -0.318 e. The summed E-state index contributed by atoms with van der Waals surface area (Å²) in [6.07, 6.45) is 1.63. The molecule has 0 aliphatic heterocycles. The topological polar surface area (TPSA) is 81.3 Å². The third-order valence-electron chi connectivity index (χ3n) is 5.97. The van der Waals surface area contributed by atoms with Crippen molar-refractivity contribution >= 4 is 22.9 Å². The molecule has 7 heteroatoms. The van der Waals surface area contributed by atoms with Crippen molar-refractivity contribution in [2.45, 2.75) is 41.2 Å². The zero-order valence-electron chi connectivity index (χ0n) is 19.5. The molecule has 4 aromatic rings. The van der Waals surface area contributed by atoms with E-state index in [4.69, 9.17) is 0 Å². The zero-order valence-corrected chi connectivity index (χ0v) is 19.5. The van der Waals surface area contributed by atoms with Crippen LogP contribution in [0.2, 0.25) is 0 Å². The number of amides is 1. The first kappa shape index (κ1) is 22.2. The van der Waals surface area contributed by atoms with Gasteiger partial charge in [0.1, 0.15) is 0 Å². The Kier molecular flexibility index (Phi) is 5.96. The van der Waals surface area contributed by atoms with Gasteiger partial charge in [-0.2, -0.15) is 10.2 Å². The number of rotatable bonds is 5. The second kappa shape index (κ2) is 8.86. The van der Waals surface area contributed by atoms with E-state index in [0.717, 1.165) is 22.6 Å². The van der Waals surface area contributed by atoms with Crippen LogP contribution in [0.1, 0.15) is 45.5 Å². The van der Waals surface area contributed by atoms with Crippen LogP contribution in [0.5, 0.6) is 0 Å². The quantitative estimate of drug-likeness (QED) is 0.372. The van der Waals surface area contributed by atoms with Crippen molar-refractivity contribution in [1.82, 2.24) is 19.8 Å². The largest absolute Gasteiger partial charge is 0.318 e. The number of carbonyl (C=O) groups excluding carboxylic acids is 1. The van der Waals surface area contributed by atoms with Crippen LogP contribution in [0.25, 0.3) is 16.5 Å². The highest BCUT2D eigenvalue weighted by Crippen LogP contribution is 2.22. The fourth-order valence-corrected chi connectivity index (χ4v) is 4.01. The van der Waals surface area contributed by atoms with Crippen molar-refractivity contribution in [2.24, 2.45) is 5.10 Å². The van der Waals surface area contributed by atoms with Crippen LogP contribution in [0, 0.1) is 27.7 Å². The molecule has 0 atom stereocenters. The summed E-state index contributed by atoms with van der Waals surface area (Å²) in [5.74, 6) is -0.465. The summed E-state index contributed by atoms with van der Waals surface area (Å²) < 4.78 is 3.46. The van der Waals surface area contributed by atoms with Gasteiger partial charge in [-0.25, -0.2) is 10.1 Å². The zero-order chi connectivity index (χ0) is 23.7. The standard InChI is InChI=1S/C26H27N5O2/c1-6-30-26(33)23-10-8-7-9-22(23)24(29-30)25(32)28-27-15-20-14-18(4)31(19(20)5)21-12-11-16(2)17(3)13-21/h7-15H,6H2,1-5H3,(H,28,32)/b27-15+. The van der Waals surface area contributed by atoms with Crippen LogP contribution < -0.4 is 11.0 Å². The van der Waals surface area contributed by atoms with Gasteiger partial charge in [0.25, 0.3) is 11.5 Å². The first-order chi connectivity index (χ1) is 15.8. The first-order valence-electron chi connectivity index (χ1n) is 10.9. The Labute approximate surface area is 192 Å². The molecule has 0 aliphatic carbocycles. The minimum atomic E-state index is -0.465. The molecule has 0 saturated heterocycles. The lowest BCUT2D eigenvalue weighted by Gasteiger charge is -2.11. The van der Waals surface area contributed by atoms with Crippen molar-refractivity contribution in [1.29, 1.82) is 0 Å². The number of aromatic nitrogens is 3. The minimum absolute atomic E-state index is 0.171. The van der Waals surface area contributed by atoms with Gasteiger partial charge in [-0.15, -0.1) is 0 Å². The molecule has 0 unspecified atom stereocenters.